The highest BCUT2D eigenvalue weighted by Gasteiger charge is 2.25. The molecule has 0 bridgehead atoms. The Morgan fingerprint density at radius 3 is 1.97 bits per heavy atom. The Hall–Kier alpha value is -2.22. The summed E-state index contributed by atoms with van der Waals surface area (Å²) in [6, 6.07) is 17.6. The molecule has 0 aromatic heterocycles. The summed E-state index contributed by atoms with van der Waals surface area (Å²) in [6.07, 6.45) is 6.20. The largest absolute Gasteiger partial charge is 0.340 e. The number of hydrogen-bond donors (Lipinski definition) is 0. The number of carbonyl (C=O) groups excluding carboxylic acids is 1. The Labute approximate surface area is 204 Å². The molecular weight excluding hydrogens is 446 g/mol. The second-order valence-corrected chi connectivity index (χ2v) is 11.4. The quantitative estimate of drug-likeness (QED) is 0.576. The van der Waals surface area contributed by atoms with Gasteiger partial charge in [-0.3, -0.25) is 9.69 Å². The zero-order valence-electron chi connectivity index (χ0n) is 20.1. The van der Waals surface area contributed by atoms with Crippen LogP contribution in [0.4, 0.5) is 0 Å². The second-order valence-electron chi connectivity index (χ2n) is 9.42. The smallest absolute Gasteiger partial charge is 0.243 e. The van der Waals surface area contributed by atoms with Crippen LogP contribution in [0.1, 0.15) is 43.2 Å². The fraction of sp³-hybridized carbons (Fsp3) is 0.519. The van der Waals surface area contributed by atoms with Crippen LogP contribution in [0.25, 0.3) is 0 Å². The van der Waals surface area contributed by atoms with Crippen molar-refractivity contribution in [3.05, 3.63) is 65.7 Å². The molecule has 2 fully saturated rings. The number of amides is 1. The van der Waals surface area contributed by atoms with E-state index in [2.05, 4.69) is 29.2 Å². The average molecular weight is 484 g/mol. The Morgan fingerprint density at radius 1 is 0.706 bits per heavy atom. The first kappa shape index (κ1) is 24.9. The van der Waals surface area contributed by atoms with Gasteiger partial charge in [0.1, 0.15) is 0 Å². The summed E-state index contributed by atoms with van der Waals surface area (Å²) in [5.41, 5.74) is 2.36. The first-order valence-corrected chi connectivity index (χ1v) is 14.1. The van der Waals surface area contributed by atoms with E-state index in [0.29, 0.717) is 30.8 Å². The summed E-state index contributed by atoms with van der Waals surface area (Å²) in [5, 5.41) is 0. The maximum Gasteiger partial charge on any atom is 0.243 e. The minimum absolute atomic E-state index is 0.184. The highest BCUT2D eigenvalue weighted by Crippen LogP contribution is 2.21. The van der Waals surface area contributed by atoms with Gasteiger partial charge >= 0.3 is 0 Å². The molecule has 6 nitrogen and oxygen atoms in total. The van der Waals surface area contributed by atoms with Crippen LogP contribution < -0.4 is 0 Å². The van der Waals surface area contributed by atoms with E-state index in [0.717, 1.165) is 70.4 Å². The molecule has 2 aliphatic heterocycles. The fourth-order valence-corrected chi connectivity index (χ4v) is 6.34. The van der Waals surface area contributed by atoms with Crippen molar-refractivity contribution in [1.29, 1.82) is 0 Å². The SMILES string of the molecule is O=C(CCc1ccc(S(=O)(=O)N2CCCCCC2)cc1)N1CCN(CCc2ccccc2)CC1. The van der Waals surface area contributed by atoms with Crippen LogP contribution in [0.5, 0.6) is 0 Å². The molecule has 2 heterocycles. The highest BCUT2D eigenvalue weighted by molar-refractivity contribution is 7.89. The van der Waals surface area contributed by atoms with Crippen molar-refractivity contribution in [3.8, 4) is 0 Å². The molecule has 1 amide bonds. The molecule has 4 rings (SSSR count). The first-order valence-electron chi connectivity index (χ1n) is 12.7. The van der Waals surface area contributed by atoms with Crippen LogP contribution in [0, 0.1) is 0 Å². The van der Waals surface area contributed by atoms with E-state index < -0.39 is 10.0 Å². The van der Waals surface area contributed by atoms with E-state index in [1.165, 1.54) is 5.56 Å². The number of piperazine rings is 1. The van der Waals surface area contributed by atoms with E-state index >= 15 is 0 Å². The van der Waals surface area contributed by atoms with Gasteiger partial charge in [0.2, 0.25) is 15.9 Å². The molecule has 7 heteroatoms. The van der Waals surface area contributed by atoms with Gasteiger partial charge in [0.05, 0.1) is 4.90 Å². The van der Waals surface area contributed by atoms with E-state index in [9.17, 15) is 13.2 Å². The molecule has 184 valence electrons. The number of benzene rings is 2. The molecule has 0 spiro atoms. The Kier molecular flexibility index (Phi) is 8.75. The Morgan fingerprint density at radius 2 is 1.32 bits per heavy atom. The zero-order chi connectivity index (χ0) is 23.8. The van der Waals surface area contributed by atoms with Crippen molar-refractivity contribution in [2.24, 2.45) is 0 Å². The third-order valence-corrected chi connectivity index (χ3v) is 8.95. The summed E-state index contributed by atoms with van der Waals surface area (Å²) in [5.74, 6) is 0.184. The van der Waals surface area contributed by atoms with Crippen LogP contribution >= 0.6 is 0 Å². The lowest BCUT2D eigenvalue weighted by Gasteiger charge is -2.34. The lowest BCUT2D eigenvalue weighted by molar-refractivity contribution is -0.132. The van der Waals surface area contributed by atoms with Crippen molar-refractivity contribution in [2.75, 3.05) is 45.8 Å². The topological polar surface area (TPSA) is 60.9 Å². The van der Waals surface area contributed by atoms with Gasteiger partial charge < -0.3 is 4.90 Å². The molecule has 0 radical (unpaired) electrons. The van der Waals surface area contributed by atoms with Gasteiger partial charge in [-0.1, -0.05) is 55.3 Å². The molecule has 0 saturated carbocycles. The van der Waals surface area contributed by atoms with E-state index in [-0.39, 0.29) is 5.91 Å². The third kappa shape index (κ3) is 6.68. The van der Waals surface area contributed by atoms with E-state index in [1.807, 2.05) is 23.1 Å². The lowest BCUT2D eigenvalue weighted by Crippen LogP contribution is -2.49. The van der Waals surface area contributed by atoms with E-state index in [1.54, 1.807) is 16.4 Å². The maximum absolute atomic E-state index is 12.9. The number of aryl methyl sites for hydroxylation is 1. The summed E-state index contributed by atoms with van der Waals surface area (Å²) >= 11 is 0. The van der Waals surface area contributed by atoms with Crippen molar-refractivity contribution in [3.63, 3.8) is 0 Å². The summed E-state index contributed by atoms with van der Waals surface area (Å²) in [6.45, 7) is 5.64. The molecule has 2 saturated heterocycles. The van der Waals surface area contributed by atoms with Crippen LogP contribution in [-0.4, -0.2) is 74.2 Å². The Bertz CT molecular complexity index is 1010. The van der Waals surface area contributed by atoms with Crippen LogP contribution in [0.3, 0.4) is 0 Å². The molecule has 2 aromatic rings. The lowest BCUT2D eigenvalue weighted by atomic mass is 10.1. The van der Waals surface area contributed by atoms with Gasteiger partial charge in [-0.05, 0) is 48.9 Å². The average Bonchev–Trinajstić information content (AvgIpc) is 3.18. The van der Waals surface area contributed by atoms with Crippen LogP contribution in [0.15, 0.2) is 59.5 Å². The number of carbonyl (C=O) groups is 1. The second kappa shape index (κ2) is 12.0. The van der Waals surface area contributed by atoms with Crippen LogP contribution in [-0.2, 0) is 27.7 Å². The zero-order valence-corrected chi connectivity index (χ0v) is 20.9. The predicted molar refractivity (Wildman–Crippen MR) is 135 cm³/mol. The van der Waals surface area contributed by atoms with Crippen LogP contribution in [0.2, 0.25) is 0 Å². The van der Waals surface area contributed by atoms with Gasteiger partial charge in [-0.2, -0.15) is 4.31 Å². The van der Waals surface area contributed by atoms with Gasteiger partial charge in [-0.15, -0.1) is 0 Å². The number of hydrogen-bond acceptors (Lipinski definition) is 4. The standard InChI is InChI=1S/C27H37N3O3S/c31-27(29-22-20-28(21-23-29)19-16-24-8-4-3-5-9-24)15-12-25-10-13-26(14-11-25)34(32,33)30-17-6-1-2-7-18-30/h3-5,8-11,13-14H,1-2,6-7,12,15-23H2. The third-order valence-electron chi connectivity index (χ3n) is 7.04. The van der Waals surface area contributed by atoms with Crippen molar-refractivity contribution in [2.45, 2.75) is 49.8 Å². The molecule has 0 atom stereocenters. The normalized spacial score (nSPS) is 18.5. The molecule has 2 aliphatic rings. The van der Waals surface area contributed by atoms with Crippen molar-refractivity contribution in [1.82, 2.24) is 14.1 Å². The molecule has 2 aromatic carbocycles. The van der Waals surface area contributed by atoms with Gasteiger partial charge in [0.15, 0.2) is 0 Å². The molecule has 34 heavy (non-hydrogen) atoms. The molecule has 0 aliphatic carbocycles. The molecule has 0 N–H and O–H groups in total. The number of sulfonamides is 1. The minimum Gasteiger partial charge on any atom is -0.340 e. The monoisotopic (exact) mass is 483 g/mol. The summed E-state index contributed by atoms with van der Waals surface area (Å²) < 4.78 is 27.5. The number of nitrogens with zero attached hydrogens (tertiary/aromatic N) is 3. The summed E-state index contributed by atoms with van der Waals surface area (Å²) in [7, 11) is -3.42. The van der Waals surface area contributed by atoms with E-state index in [4.69, 9.17) is 0 Å². The van der Waals surface area contributed by atoms with Gasteiger partial charge in [0.25, 0.3) is 0 Å². The first-order chi connectivity index (χ1) is 16.5. The molecular formula is C27H37N3O3S. The maximum atomic E-state index is 12.9. The Balaban J connectivity index is 1.21. The van der Waals surface area contributed by atoms with Gasteiger partial charge in [0, 0.05) is 52.2 Å². The highest BCUT2D eigenvalue weighted by atomic mass is 32.2. The molecule has 0 unspecified atom stereocenters. The predicted octanol–water partition coefficient (Wildman–Crippen LogP) is 3.57. The minimum atomic E-state index is -3.42. The fourth-order valence-electron chi connectivity index (χ4n) is 4.82. The number of rotatable bonds is 8. The summed E-state index contributed by atoms with van der Waals surface area (Å²) in [4.78, 5) is 17.5. The van der Waals surface area contributed by atoms with Crippen molar-refractivity contribution < 1.29 is 13.2 Å². The van der Waals surface area contributed by atoms with Crippen molar-refractivity contribution >= 4 is 15.9 Å². The van der Waals surface area contributed by atoms with Gasteiger partial charge in [-0.25, -0.2) is 8.42 Å².